The molecule has 1 aliphatic heterocycles. The number of ether oxygens (including phenoxy) is 1. The van der Waals surface area contributed by atoms with E-state index < -0.39 is 17.6 Å². The van der Waals surface area contributed by atoms with E-state index in [1.54, 1.807) is 6.07 Å². The number of benzene rings is 2. The minimum Gasteiger partial charge on any atom is -0.462 e. The summed E-state index contributed by atoms with van der Waals surface area (Å²) in [6, 6.07) is 10.00. The number of hydrogen-bond acceptors (Lipinski definition) is 6. The third-order valence-corrected chi connectivity index (χ3v) is 7.70. The van der Waals surface area contributed by atoms with Crippen molar-refractivity contribution in [3.63, 3.8) is 0 Å². The summed E-state index contributed by atoms with van der Waals surface area (Å²) in [4.78, 5) is 22.8. The summed E-state index contributed by atoms with van der Waals surface area (Å²) in [5.74, 6) is -1.97. The molecule has 206 valence electrons. The summed E-state index contributed by atoms with van der Waals surface area (Å²) in [5.41, 5.74) is 4.11. The Morgan fingerprint density at radius 3 is 2.74 bits per heavy atom. The Morgan fingerprint density at radius 2 is 2.00 bits per heavy atom. The molecule has 1 aromatic heterocycles. The van der Waals surface area contributed by atoms with Crippen molar-refractivity contribution in [3.8, 4) is 17.1 Å². The average molecular weight is 536 g/mol. The van der Waals surface area contributed by atoms with Gasteiger partial charge in [0.2, 0.25) is 0 Å². The summed E-state index contributed by atoms with van der Waals surface area (Å²) in [7, 11) is 2.06. The SMILES string of the molecule is C=C(F)C(=O)NCCNc1nc(OC[C@@H]2CCCN2C)nc2c(F)c(-c3cccc4c3CC(C)(C)C4)ccc12. The number of likely N-dealkylation sites (N-methyl/N-ethyl adjacent to an activating group) is 1. The molecule has 2 N–H and O–H groups in total. The number of carbonyl (C=O) groups excluding carboxylic acids is 1. The lowest BCUT2D eigenvalue weighted by Gasteiger charge is -2.19. The van der Waals surface area contributed by atoms with Crippen LogP contribution in [-0.4, -0.2) is 60.1 Å². The number of amides is 1. The zero-order valence-electron chi connectivity index (χ0n) is 22.7. The van der Waals surface area contributed by atoms with Crippen molar-refractivity contribution in [2.45, 2.75) is 45.6 Å². The molecule has 1 amide bonds. The van der Waals surface area contributed by atoms with Crippen molar-refractivity contribution in [2.75, 3.05) is 38.6 Å². The standard InChI is InChI=1S/C30H35F2N5O2/c1-18(31)28(38)34-13-12-33-27-23-11-10-22(21-9-5-7-19-15-30(2,3)16-24(19)21)25(32)26(23)35-29(36-27)39-17-20-8-6-14-37(20)4/h5,7,9-11,20H,1,6,8,12-17H2,2-4H3,(H,34,38)(H,33,35,36)/t20-/m0/s1. The molecule has 1 atom stereocenters. The average Bonchev–Trinajstić information content (AvgIpc) is 3.45. The summed E-state index contributed by atoms with van der Waals surface area (Å²) < 4.78 is 35.2. The number of aromatic nitrogens is 2. The van der Waals surface area contributed by atoms with E-state index in [9.17, 15) is 9.18 Å². The van der Waals surface area contributed by atoms with Crippen molar-refractivity contribution in [2.24, 2.45) is 5.41 Å². The van der Waals surface area contributed by atoms with Gasteiger partial charge in [-0.1, -0.05) is 44.7 Å². The van der Waals surface area contributed by atoms with Crippen LogP contribution in [0.5, 0.6) is 6.01 Å². The van der Waals surface area contributed by atoms with Gasteiger partial charge < -0.3 is 20.3 Å². The van der Waals surface area contributed by atoms with E-state index in [4.69, 9.17) is 4.74 Å². The number of rotatable bonds is 9. The Hall–Kier alpha value is -3.59. The maximum atomic E-state index is 16.3. The molecule has 5 rings (SSSR count). The highest BCUT2D eigenvalue weighted by Gasteiger charge is 2.31. The quantitative estimate of drug-likeness (QED) is 0.295. The molecule has 2 aromatic carbocycles. The van der Waals surface area contributed by atoms with Gasteiger partial charge in [-0.3, -0.25) is 4.79 Å². The lowest BCUT2D eigenvalue weighted by molar-refractivity contribution is -0.118. The van der Waals surface area contributed by atoms with Crippen LogP contribution in [0.1, 0.15) is 37.8 Å². The number of likely N-dealkylation sites (tertiary alicyclic amines) is 1. The number of halogens is 2. The maximum Gasteiger partial charge on any atom is 0.319 e. The lowest BCUT2D eigenvalue weighted by atomic mass is 9.89. The molecular formula is C30H35F2N5O2. The van der Waals surface area contributed by atoms with Crippen molar-refractivity contribution >= 4 is 22.6 Å². The van der Waals surface area contributed by atoms with E-state index >= 15 is 4.39 Å². The van der Waals surface area contributed by atoms with Crippen molar-refractivity contribution in [1.82, 2.24) is 20.2 Å². The molecule has 0 radical (unpaired) electrons. The first kappa shape index (κ1) is 27.0. The molecule has 0 unspecified atom stereocenters. The molecule has 0 spiro atoms. The summed E-state index contributed by atoms with van der Waals surface area (Å²) >= 11 is 0. The first-order valence-electron chi connectivity index (χ1n) is 13.4. The second kappa shape index (κ2) is 10.9. The minimum atomic E-state index is -1.06. The zero-order valence-corrected chi connectivity index (χ0v) is 22.7. The topological polar surface area (TPSA) is 79.4 Å². The molecule has 1 saturated heterocycles. The fourth-order valence-corrected chi connectivity index (χ4v) is 5.68. The highest BCUT2D eigenvalue weighted by atomic mass is 19.1. The predicted molar refractivity (Wildman–Crippen MR) is 149 cm³/mol. The third-order valence-electron chi connectivity index (χ3n) is 7.70. The molecule has 1 fully saturated rings. The van der Waals surface area contributed by atoms with Crippen LogP contribution in [0.4, 0.5) is 14.6 Å². The van der Waals surface area contributed by atoms with Gasteiger partial charge in [0.15, 0.2) is 11.6 Å². The number of nitrogens with zero attached hydrogens (tertiary/aromatic N) is 3. The van der Waals surface area contributed by atoms with Gasteiger partial charge in [0.1, 0.15) is 17.9 Å². The Kier molecular flexibility index (Phi) is 7.53. The van der Waals surface area contributed by atoms with Crippen LogP contribution >= 0.6 is 0 Å². The first-order valence-corrected chi connectivity index (χ1v) is 13.4. The Morgan fingerprint density at radius 1 is 1.18 bits per heavy atom. The molecule has 0 saturated carbocycles. The fraction of sp³-hybridized carbons (Fsp3) is 0.433. The number of hydrogen-bond donors (Lipinski definition) is 2. The van der Waals surface area contributed by atoms with Gasteiger partial charge in [0, 0.05) is 30.1 Å². The number of anilines is 1. The van der Waals surface area contributed by atoms with E-state index in [-0.39, 0.29) is 36.1 Å². The number of carbonyl (C=O) groups is 1. The van der Waals surface area contributed by atoms with E-state index in [0.29, 0.717) is 23.4 Å². The van der Waals surface area contributed by atoms with Crippen LogP contribution in [0.25, 0.3) is 22.0 Å². The monoisotopic (exact) mass is 535 g/mol. The molecule has 0 bridgehead atoms. The van der Waals surface area contributed by atoms with Gasteiger partial charge in [-0.25, -0.2) is 8.78 Å². The molecule has 1 aliphatic carbocycles. The van der Waals surface area contributed by atoms with Gasteiger partial charge >= 0.3 is 6.01 Å². The molecular weight excluding hydrogens is 500 g/mol. The maximum absolute atomic E-state index is 16.3. The first-order chi connectivity index (χ1) is 18.6. The molecule has 9 heteroatoms. The Balaban J connectivity index is 1.49. The van der Waals surface area contributed by atoms with Gasteiger partial charge in [0.25, 0.3) is 5.91 Å². The molecule has 7 nitrogen and oxygen atoms in total. The molecule has 2 aliphatic rings. The highest BCUT2D eigenvalue weighted by Crippen LogP contribution is 2.42. The van der Waals surface area contributed by atoms with Crippen LogP contribution in [0.3, 0.4) is 0 Å². The summed E-state index contributed by atoms with van der Waals surface area (Å²) in [5, 5.41) is 6.04. The van der Waals surface area contributed by atoms with Gasteiger partial charge in [-0.2, -0.15) is 9.97 Å². The smallest absolute Gasteiger partial charge is 0.319 e. The van der Waals surface area contributed by atoms with E-state index in [1.807, 2.05) is 18.2 Å². The van der Waals surface area contributed by atoms with E-state index in [2.05, 4.69) is 59.0 Å². The van der Waals surface area contributed by atoms with E-state index in [1.165, 1.54) is 11.1 Å². The van der Waals surface area contributed by atoms with Crippen LogP contribution in [0.15, 0.2) is 42.7 Å². The molecule has 3 aromatic rings. The zero-order chi connectivity index (χ0) is 27.7. The Labute approximate surface area is 227 Å². The van der Waals surface area contributed by atoms with Crippen molar-refractivity contribution < 1.29 is 18.3 Å². The van der Waals surface area contributed by atoms with Gasteiger partial charge in [-0.05, 0) is 67.4 Å². The highest BCUT2D eigenvalue weighted by molar-refractivity contribution is 5.94. The van der Waals surface area contributed by atoms with Gasteiger partial charge in [-0.15, -0.1) is 0 Å². The molecule has 39 heavy (non-hydrogen) atoms. The van der Waals surface area contributed by atoms with Crippen LogP contribution in [0.2, 0.25) is 0 Å². The van der Waals surface area contributed by atoms with Crippen molar-refractivity contribution in [1.29, 1.82) is 0 Å². The fourth-order valence-electron chi connectivity index (χ4n) is 5.68. The summed E-state index contributed by atoms with van der Waals surface area (Å²) in [6.45, 7) is 9.23. The van der Waals surface area contributed by atoms with E-state index in [0.717, 1.165) is 37.8 Å². The van der Waals surface area contributed by atoms with Gasteiger partial charge in [0.05, 0.1) is 0 Å². The predicted octanol–water partition coefficient (Wildman–Crippen LogP) is 5.05. The second-order valence-electron chi connectivity index (χ2n) is 11.3. The van der Waals surface area contributed by atoms with Crippen LogP contribution < -0.4 is 15.4 Å². The van der Waals surface area contributed by atoms with Crippen LogP contribution in [-0.2, 0) is 17.6 Å². The summed E-state index contributed by atoms with van der Waals surface area (Å²) in [6.07, 6.45) is 3.96. The second-order valence-corrected chi connectivity index (χ2v) is 11.3. The molecule has 2 heterocycles. The van der Waals surface area contributed by atoms with Crippen molar-refractivity contribution in [3.05, 3.63) is 59.7 Å². The number of fused-ring (bicyclic) bond motifs is 2. The number of nitrogens with one attached hydrogen (secondary N) is 2. The normalized spacial score (nSPS) is 18.2. The largest absolute Gasteiger partial charge is 0.462 e. The third kappa shape index (κ3) is 5.73. The lowest BCUT2D eigenvalue weighted by Crippen LogP contribution is -2.31. The minimum absolute atomic E-state index is 0.0851. The van der Waals surface area contributed by atoms with Crippen LogP contribution in [0, 0.1) is 11.2 Å². The Bertz CT molecular complexity index is 1420.